The van der Waals surface area contributed by atoms with Crippen molar-refractivity contribution in [1.82, 2.24) is 9.62 Å². The third-order valence-electron chi connectivity index (χ3n) is 3.85. The lowest BCUT2D eigenvalue weighted by atomic mass is 10.2. The maximum absolute atomic E-state index is 13.8. The smallest absolute Gasteiger partial charge is 0.235 e. The molecule has 0 aromatic heterocycles. The van der Waals surface area contributed by atoms with Gasteiger partial charge in [-0.3, -0.25) is 4.79 Å². The minimum Gasteiger partial charge on any atom is -0.497 e. The van der Waals surface area contributed by atoms with Crippen molar-refractivity contribution in [3.8, 4) is 11.5 Å². The molecule has 2 aromatic rings. The Kier molecular flexibility index (Phi) is 7.77. The predicted octanol–water partition coefficient (Wildman–Crippen LogP) is 1.79. The van der Waals surface area contributed by atoms with Gasteiger partial charge < -0.3 is 14.8 Å². The first-order valence-electron chi connectivity index (χ1n) is 8.51. The van der Waals surface area contributed by atoms with Gasteiger partial charge in [-0.05, 0) is 30.3 Å². The molecule has 0 saturated carbocycles. The highest BCUT2D eigenvalue weighted by molar-refractivity contribution is 7.88. The molecule has 1 N–H and O–H groups in total. The van der Waals surface area contributed by atoms with E-state index < -0.39 is 28.3 Å². The minimum atomic E-state index is -3.69. The van der Waals surface area contributed by atoms with E-state index in [0.29, 0.717) is 11.5 Å². The monoisotopic (exact) mass is 410 g/mol. The molecule has 0 bridgehead atoms. The number of sulfonamides is 1. The van der Waals surface area contributed by atoms with Crippen LogP contribution in [0.25, 0.3) is 0 Å². The Morgan fingerprint density at radius 3 is 2.36 bits per heavy atom. The van der Waals surface area contributed by atoms with E-state index in [9.17, 15) is 17.6 Å². The Hall–Kier alpha value is -2.65. The van der Waals surface area contributed by atoms with Crippen molar-refractivity contribution in [3.63, 3.8) is 0 Å². The number of nitrogens with zero attached hydrogens (tertiary/aromatic N) is 1. The van der Waals surface area contributed by atoms with Gasteiger partial charge in [-0.25, -0.2) is 12.8 Å². The van der Waals surface area contributed by atoms with E-state index in [0.717, 1.165) is 10.6 Å². The number of ether oxygens (including phenoxy) is 2. The van der Waals surface area contributed by atoms with E-state index in [1.807, 2.05) is 0 Å². The van der Waals surface area contributed by atoms with Gasteiger partial charge >= 0.3 is 0 Å². The van der Waals surface area contributed by atoms with Crippen LogP contribution >= 0.6 is 0 Å². The van der Waals surface area contributed by atoms with Gasteiger partial charge in [-0.15, -0.1) is 0 Å². The fourth-order valence-corrected chi connectivity index (χ4v) is 3.08. The molecule has 28 heavy (non-hydrogen) atoms. The summed E-state index contributed by atoms with van der Waals surface area (Å²) in [6, 6.07) is 12.8. The highest BCUT2D eigenvalue weighted by Crippen LogP contribution is 2.16. The largest absolute Gasteiger partial charge is 0.497 e. The Balaban J connectivity index is 1.83. The van der Waals surface area contributed by atoms with E-state index in [1.54, 1.807) is 37.4 Å². The van der Waals surface area contributed by atoms with E-state index in [2.05, 4.69) is 5.32 Å². The summed E-state index contributed by atoms with van der Waals surface area (Å²) in [6.45, 7) is -0.219. The Bertz CT molecular complexity index is 887. The fourth-order valence-electron chi connectivity index (χ4n) is 2.35. The van der Waals surface area contributed by atoms with Gasteiger partial charge in [0.05, 0.1) is 26.5 Å². The van der Waals surface area contributed by atoms with Gasteiger partial charge in [0.1, 0.15) is 23.9 Å². The second-order valence-electron chi connectivity index (χ2n) is 6.00. The number of benzene rings is 2. The van der Waals surface area contributed by atoms with Crippen molar-refractivity contribution in [2.45, 2.75) is 6.54 Å². The summed E-state index contributed by atoms with van der Waals surface area (Å²) in [5.41, 5.74) is 0.198. The molecule has 9 heteroatoms. The number of carbonyl (C=O) groups excluding carboxylic acids is 1. The van der Waals surface area contributed by atoms with Crippen LogP contribution in [0.2, 0.25) is 0 Å². The molecule has 2 aromatic carbocycles. The molecule has 0 unspecified atom stereocenters. The second kappa shape index (κ2) is 10.0. The number of nitrogens with one attached hydrogen (secondary N) is 1. The zero-order valence-corrected chi connectivity index (χ0v) is 16.5. The number of rotatable bonds is 10. The van der Waals surface area contributed by atoms with E-state index in [-0.39, 0.29) is 25.3 Å². The molecule has 0 aliphatic heterocycles. The van der Waals surface area contributed by atoms with Crippen molar-refractivity contribution in [2.75, 3.05) is 33.1 Å². The molecular formula is C19H23FN2O5S. The minimum absolute atomic E-state index is 0.197. The van der Waals surface area contributed by atoms with Crippen molar-refractivity contribution >= 4 is 15.9 Å². The highest BCUT2D eigenvalue weighted by atomic mass is 32.2. The summed E-state index contributed by atoms with van der Waals surface area (Å²) in [4.78, 5) is 12.1. The summed E-state index contributed by atoms with van der Waals surface area (Å²) in [5.74, 6) is 0.299. The van der Waals surface area contributed by atoms with E-state index in [1.165, 1.54) is 18.2 Å². The van der Waals surface area contributed by atoms with Crippen molar-refractivity contribution in [3.05, 3.63) is 59.9 Å². The highest BCUT2D eigenvalue weighted by Gasteiger charge is 2.21. The normalized spacial score (nSPS) is 11.3. The molecule has 0 aliphatic rings. The van der Waals surface area contributed by atoms with Gasteiger partial charge in [0.2, 0.25) is 15.9 Å². The van der Waals surface area contributed by atoms with Crippen LogP contribution < -0.4 is 14.8 Å². The number of carbonyl (C=O) groups is 1. The topological polar surface area (TPSA) is 84.9 Å². The van der Waals surface area contributed by atoms with Crippen molar-refractivity contribution < 1.29 is 27.1 Å². The third-order valence-corrected chi connectivity index (χ3v) is 5.04. The summed E-state index contributed by atoms with van der Waals surface area (Å²) in [7, 11) is -2.13. The van der Waals surface area contributed by atoms with Crippen molar-refractivity contribution in [1.29, 1.82) is 0 Å². The summed E-state index contributed by atoms with van der Waals surface area (Å²) in [6.07, 6.45) is 0.980. The van der Waals surface area contributed by atoms with Crippen LogP contribution in [0.1, 0.15) is 5.56 Å². The number of methoxy groups -OCH3 is 1. The first-order chi connectivity index (χ1) is 13.3. The average molecular weight is 410 g/mol. The standard InChI is InChI=1S/C19H23FN2O5S/c1-26-16-7-9-17(10-8-16)27-12-11-21-19(23)14-22(28(2,24)25)13-15-5-3-4-6-18(15)20/h3-10H,11-14H2,1-2H3,(H,21,23). The fraction of sp³-hybridized carbons (Fsp3) is 0.316. The van der Waals surface area contributed by atoms with Gasteiger partial charge in [0, 0.05) is 12.1 Å². The molecule has 0 fully saturated rings. The number of hydrogen-bond acceptors (Lipinski definition) is 5. The lowest BCUT2D eigenvalue weighted by Gasteiger charge is -2.20. The lowest BCUT2D eigenvalue weighted by Crippen LogP contribution is -2.41. The molecule has 2 rings (SSSR count). The van der Waals surface area contributed by atoms with Gasteiger partial charge in [0.25, 0.3) is 0 Å². The molecule has 1 amide bonds. The van der Waals surface area contributed by atoms with Gasteiger partial charge in [-0.1, -0.05) is 18.2 Å². The molecule has 7 nitrogen and oxygen atoms in total. The van der Waals surface area contributed by atoms with Crippen LogP contribution in [-0.2, 0) is 21.4 Å². The van der Waals surface area contributed by atoms with Gasteiger partial charge in [-0.2, -0.15) is 4.31 Å². The first-order valence-corrected chi connectivity index (χ1v) is 10.4. The molecule has 0 radical (unpaired) electrons. The number of halogens is 1. The summed E-state index contributed by atoms with van der Waals surface area (Å²) in [5, 5.41) is 2.59. The maximum Gasteiger partial charge on any atom is 0.235 e. The number of amides is 1. The Morgan fingerprint density at radius 2 is 1.75 bits per heavy atom. The zero-order chi connectivity index (χ0) is 20.6. The summed E-state index contributed by atoms with van der Waals surface area (Å²) >= 11 is 0. The van der Waals surface area contributed by atoms with Crippen LogP contribution in [0.4, 0.5) is 4.39 Å². The molecule has 0 atom stereocenters. The Morgan fingerprint density at radius 1 is 1.11 bits per heavy atom. The maximum atomic E-state index is 13.8. The van der Waals surface area contributed by atoms with Crippen LogP contribution in [-0.4, -0.2) is 51.7 Å². The molecular weight excluding hydrogens is 387 g/mol. The summed E-state index contributed by atoms with van der Waals surface area (Å²) < 4.78 is 49.1. The van der Waals surface area contributed by atoms with Crippen molar-refractivity contribution in [2.24, 2.45) is 0 Å². The van der Waals surface area contributed by atoms with Crippen LogP contribution in [0.15, 0.2) is 48.5 Å². The first kappa shape index (κ1) is 21.6. The third kappa shape index (κ3) is 6.82. The molecule has 0 saturated heterocycles. The average Bonchev–Trinajstić information content (AvgIpc) is 2.66. The Labute approximate surface area is 164 Å². The predicted molar refractivity (Wildman–Crippen MR) is 103 cm³/mol. The second-order valence-corrected chi connectivity index (χ2v) is 7.98. The van der Waals surface area contributed by atoms with E-state index in [4.69, 9.17) is 9.47 Å². The zero-order valence-electron chi connectivity index (χ0n) is 15.7. The molecule has 0 aliphatic carbocycles. The number of hydrogen-bond donors (Lipinski definition) is 1. The lowest BCUT2D eigenvalue weighted by molar-refractivity contribution is -0.121. The van der Waals surface area contributed by atoms with E-state index >= 15 is 0 Å². The SMILES string of the molecule is COc1ccc(OCCNC(=O)CN(Cc2ccccc2F)S(C)(=O)=O)cc1. The van der Waals surface area contributed by atoms with Gasteiger partial charge in [0.15, 0.2) is 0 Å². The van der Waals surface area contributed by atoms with Crippen LogP contribution in [0, 0.1) is 5.82 Å². The van der Waals surface area contributed by atoms with Crippen LogP contribution in [0.3, 0.4) is 0 Å². The molecule has 0 heterocycles. The quantitative estimate of drug-likeness (QED) is 0.604. The molecule has 152 valence electrons. The molecule has 0 spiro atoms. The van der Waals surface area contributed by atoms with Crippen LogP contribution in [0.5, 0.6) is 11.5 Å².